The normalized spacial score (nSPS) is 24.8. The van der Waals surface area contributed by atoms with Crippen LogP contribution in [-0.2, 0) is 4.79 Å². The molecule has 8 heteroatoms. The molecule has 2 unspecified atom stereocenters. The maximum atomic E-state index is 12.9. The number of benzene rings is 1. The number of aryl methyl sites for hydroxylation is 1. The van der Waals surface area contributed by atoms with Crippen molar-refractivity contribution in [3.8, 4) is 0 Å². The molecule has 0 saturated carbocycles. The first kappa shape index (κ1) is 16.9. The molecule has 0 aliphatic carbocycles. The molecule has 1 aromatic carbocycles. The molecule has 0 radical (unpaired) electrons. The van der Waals surface area contributed by atoms with Crippen LogP contribution in [0.1, 0.15) is 5.56 Å². The molecule has 26 heavy (non-hydrogen) atoms. The Bertz CT molecular complexity index is 839. The Morgan fingerprint density at radius 2 is 2.12 bits per heavy atom. The highest BCUT2D eigenvalue weighted by molar-refractivity contribution is 6.31. The van der Waals surface area contributed by atoms with Crippen LogP contribution < -0.4 is 4.90 Å². The number of aliphatic imine (C=N–C) groups is 1. The number of imide groups is 1. The third kappa shape index (κ3) is 2.30. The van der Waals surface area contributed by atoms with Crippen LogP contribution in [0.5, 0.6) is 0 Å². The first-order valence-corrected chi connectivity index (χ1v) is 8.89. The molecular formula is C18H20ClN5O2. The zero-order valence-corrected chi connectivity index (χ0v) is 15.5. The van der Waals surface area contributed by atoms with Crippen LogP contribution in [0.25, 0.3) is 0 Å². The summed E-state index contributed by atoms with van der Waals surface area (Å²) in [6, 6.07) is 5.04. The van der Waals surface area contributed by atoms with Crippen molar-refractivity contribution in [2.45, 2.75) is 19.1 Å². The molecule has 0 bridgehead atoms. The van der Waals surface area contributed by atoms with Gasteiger partial charge in [0.05, 0.1) is 0 Å². The van der Waals surface area contributed by atoms with E-state index in [1.54, 1.807) is 13.1 Å². The topological polar surface area (TPSA) is 59.5 Å². The summed E-state index contributed by atoms with van der Waals surface area (Å²) < 4.78 is 0. The summed E-state index contributed by atoms with van der Waals surface area (Å²) in [4.78, 5) is 36.9. The summed E-state index contributed by atoms with van der Waals surface area (Å²) in [6.45, 7) is 7.18. The van der Waals surface area contributed by atoms with Crippen molar-refractivity contribution in [3.05, 3.63) is 41.4 Å². The van der Waals surface area contributed by atoms with Gasteiger partial charge in [0, 0.05) is 37.4 Å². The zero-order valence-electron chi connectivity index (χ0n) is 14.7. The fourth-order valence-corrected chi connectivity index (χ4v) is 3.90. The van der Waals surface area contributed by atoms with Crippen molar-refractivity contribution in [1.82, 2.24) is 14.7 Å². The maximum absolute atomic E-state index is 12.9. The summed E-state index contributed by atoms with van der Waals surface area (Å²) in [6.07, 6.45) is 1.06. The van der Waals surface area contributed by atoms with Crippen LogP contribution in [0.4, 0.5) is 10.5 Å². The standard InChI is InChI=1S/C18H20ClN5O2/c1-4-7-24-16(25)14-15(21(3)18(24)26)20-17-22(8-9-23(14)17)12-6-5-11(2)13(19)10-12/h4-6,10,14-15H,1,7-9H2,2-3H3. The molecule has 0 spiro atoms. The molecule has 0 N–H and O–H groups in total. The predicted octanol–water partition coefficient (Wildman–Crippen LogP) is 1.91. The van der Waals surface area contributed by atoms with Crippen molar-refractivity contribution < 1.29 is 9.59 Å². The van der Waals surface area contributed by atoms with Crippen molar-refractivity contribution in [1.29, 1.82) is 0 Å². The maximum Gasteiger partial charge on any atom is 0.328 e. The molecule has 136 valence electrons. The monoisotopic (exact) mass is 373 g/mol. The molecular weight excluding hydrogens is 354 g/mol. The second-order valence-corrected chi connectivity index (χ2v) is 7.10. The highest BCUT2D eigenvalue weighted by Crippen LogP contribution is 2.34. The van der Waals surface area contributed by atoms with E-state index in [9.17, 15) is 9.59 Å². The Morgan fingerprint density at radius 3 is 2.81 bits per heavy atom. The lowest BCUT2D eigenvalue weighted by Crippen LogP contribution is -2.64. The van der Waals surface area contributed by atoms with Gasteiger partial charge in [-0.15, -0.1) is 6.58 Å². The van der Waals surface area contributed by atoms with Crippen LogP contribution in [0.2, 0.25) is 5.02 Å². The average Bonchev–Trinajstić information content (AvgIpc) is 3.18. The van der Waals surface area contributed by atoms with E-state index in [4.69, 9.17) is 16.6 Å². The molecule has 3 aliphatic rings. The SMILES string of the molecule is C=CCN1C(=O)C2C(N=C3N(c4ccc(C)c(Cl)c4)CCN32)N(C)C1=O. The van der Waals surface area contributed by atoms with E-state index in [1.165, 1.54) is 9.80 Å². The second-order valence-electron chi connectivity index (χ2n) is 6.70. The zero-order chi connectivity index (χ0) is 18.6. The first-order valence-electron chi connectivity index (χ1n) is 8.51. The Morgan fingerprint density at radius 1 is 1.35 bits per heavy atom. The smallest absolute Gasteiger partial charge is 0.325 e. The largest absolute Gasteiger partial charge is 0.328 e. The Labute approximate surface area is 157 Å². The van der Waals surface area contributed by atoms with Gasteiger partial charge >= 0.3 is 6.03 Å². The summed E-state index contributed by atoms with van der Waals surface area (Å²) in [5.41, 5.74) is 1.94. The molecule has 0 aromatic heterocycles. The molecule has 1 aromatic rings. The minimum absolute atomic E-state index is 0.200. The van der Waals surface area contributed by atoms with E-state index in [0.717, 1.165) is 11.3 Å². The number of anilines is 1. The number of hydrogen-bond acceptors (Lipinski definition) is 5. The molecule has 3 aliphatic heterocycles. The van der Waals surface area contributed by atoms with Crippen molar-refractivity contribution in [3.63, 3.8) is 0 Å². The van der Waals surface area contributed by atoms with E-state index >= 15 is 0 Å². The summed E-state index contributed by atoms with van der Waals surface area (Å²) in [5, 5.41) is 0.692. The lowest BCUT2D eigenvalue weighted by Gasteiger charge is -2.40. The number of fused-ring (bicyclic) bond motifs is 3. The Hall–Kier alpha value is -2.54. The number of carbonyl (C=O) groups is 2. The second kappa shape index (κ2) is 6.02. The molecule has 2 atom stereocenters. The Balaban J connectivity index is 1.68. The number of likely N-dealkylation sites (N-methyl/N-ethyl adjacent to an activating group) is 1. The third-order valence-electron chi connectivity index (χ3n) is 5.16. The van der Waals surface area contributed by atoms with E-state index in [0.29, 0.717) is 24.1 Å². The number of nitrogens with zero attached hydrogens (tertiary/aromatic N) is 5. The van der Waals surface area contributed by atoms with Gasteiger partial charge in [0.15, 0.2) is 12.2 Å². The van der Waals surface area contributed by atoms with Gasteiger partial charge in [-0.1, -0.05) is 23.7 Å². The van der Waals surface area contributed by atoms with E-state index < -0.39 is 12.2 Å². The number of carbonyl (C=O) groups excluding carboxylic acids is 2. The quantitative estimate of drug-likeness (QED) is 0.759. The van der Waals surface area contributed by atoms with Crippen molar-refractivity contribution >= 4 is 35.2 Å². The lowest BCUT2D eigenvalue weighted by molar-refractivity contribution is -0.136. The van der Waals surface area contributed by atoms with Crippen LogP contribution in [0, 0.1) is 6.92 Å². The molecule has 7 nitrogen and oxygen atoms in total. The minimum Gasteiger partial charge on any atom is -0.325 e. The van der Waals surface area contributed by atoms with Crippen LogP contribution in [0.3, 0.4) is 0 Å². The molecule has 4 rings (SSSR count). The Kier molecular flexibility index (Phi) is 3.91. The van der Waals surface area contributed by atoms with Crippen LogP contribution in [0.15, 0.2) is 35.8 Å². The summed E-state index contributed by atoms with van der Waals surface area (Å²) in [5.74, 6) is 0.494. The van der Waals surface area contributed by atoms with Gasteiger partial charge in [-0.3, -0.25) is 9.69 Å². The summed E-state index contributed by atoms with van der Waals surface area (Å²) >= 11 is 6.27. The van der Waals surface area contributed by atoms with E-state index in [2.05, 4.69) is 6.58 Å². The number of halogens is 1. The van der Waals surface area contributed by atoms with E-state index in [-0.39, 0.29) is 18.5 Å². The average molecular weight is 374 g/mol. The van der Waals surface area contributed by atoms with Gasteiger partial charge in [-0.2, -0.15) is 0 Å². The first-order chi connectivity index (χ1) is 12.4. The fourth-order valence-electron chi connectivity index (χ4n) is 3.73. The van der Waals surface area contributed by atoms with Crippen molar-refractivity contribution in [2.75, 3.05) is 31.6 Å². The number of urea groups is 1. The van der Waals surface area contributed by atoms with Crippen molar-refractivity contribution in [2.24, 2.45) is 4.99 Å². The highest BCUT2D eigenvalue weighted by Gasteiger charge is 2.54. The van der Waals surface area contributed by atoms with E-state index in [1.807, 2.05) is 34.9 Å². The predicted molar refractivity (Wildman–Crippen MR) is 100 cm³/mol. The van der Waals surface area contributed by atoms with Gasteiger partial charge in [0.25, 0.3) is 5.91 Å². The van der Waals surface area contributed by atoms with Gasteiger partial charge in [-0.25, -0.2) is 9.79 Å². The lowest BCUT2D eigenvalue weighted by atomic mass is 10.1. The third-order valence-corrected chi connectivity index (χ3v) is 5.56. The van der Waals surface area contributed by atoms with Gasteiger partial charge in [0.1, 0.15) is 0 Å². The number of hydrogen-bond donors (Lipinski definition) is 0. The number of guanidine groups is 1. The molecule has 3 amide bonds. The van der Waals surface area contributed by atoms with Gasteiger partial charge in [0.2, 0.25) is 5.96 Å². The van der Waals surface area contributed by atoms with Crippen LogP contribution >= 0.6 is 11.6 Å². The minimum atomic E-state index is -0.505. The summed E-state index contributed by atoms with van der Waals surface area (Å²) in [7, 11) is 1.68. The molecule has 2 saturated heterocycles. The highest BCUT2D eigenvalue weighted by atomic mass is 35.5. The molecule has 2 fully saturated rings. The fraction of sp³-hybridized carbons (Fsp3) is 0.389. The van der Waals surface area contributed by atoms with Gasteiger partial charge in [-0.05, 0) is 24.6 Å². The molecule has 3 heterocycles. The van der Waals surface area contributed by atoms with Crippen LogP contribution in [-0.4, -0.2) is 71.5 Å². The number of rotatable bonds is 3. The number of amides is 3. The van der Waals surface area contributed by atoms with Gasteiger partial charge < -0.3 is 14.7 Å².